The van der Waals surface area contributed by atoms with Gasteiger partial charge in [-0.15, -0.1) is 0 Å². The predicted octanol–water partition coefficient (Wildman–Crippen LogP) is 6.17. The molecule has 2 aromatic carbocycles. The van der Waals surface area contributed by atoms with Gasteiger partial charge in [0.25, 0.3) is 0 Å². The smallest absolute Gasteiger partial charge is 0.0705 e. The molecule has 0 atom stereocenters. The van der Waals surface area contributed by atoms with Gasteiger partial charge in [-0.05, 0) is 71.9 Å². The number of nitrogens with zero attached hydrogens (tertiary/aromatic N) is 1. The van der Waals surface area contributed by atoms with Crippen molar-refractivity contribution in [3.05, 3.63) is 78.0 Å². The fourth-order valence-corrected chi connectivity index (χ4v) is 4.54. The molecule has 0 spiro atoms. The minimum Gasteiger partial charge on any atom is -0.256 e. The highest BCUT2D eigenvalue weighted by Crippen LogP contribution is 2.49. The van der Waals surface area contributed by atoms with Gasteiger partial charge in [-0.1, -0.05) is 48.5 Å². The first-order valence-corrected chi connectivity index (χ1v) is 9.04. The molecule has 1 nitrogen and oxygen atoms in total. The minimum absolute atomic E-state index is 0.766. The Balaban J connectivity index is 1.57. The van der Waals surface area contributed by atoms with E-state index in [1.807, 2.05) is 0 Å². The van der Waals surface area contributed by atoms with Gasteiger partial charge in [-0.2, -0.15) is 0 Å². The zero-order valence-corrected chi connectivity index (χ0v) is 13.8. The number of rotatable bonds is 2. The van der Waals surface area contributed by atoms with Gasteiger partial charge < -0.3 is 0 Å². The van der Waals surface area contributed by atoms with E-state index in [0.29, 0.717) is 0 Å². The third kappa shape index (κ3) is 2.27. The minimum atomic E-state index is 0.766. The van der Waals surface area contributed by atoms with Crippen molar-refractivity contribution in [3.63, 3.8) is 0 Å². The van der Waals surface area contributed by atoms with E-state index in [1.165, 1.54) is 47.9 Å². The molecule has 0 N–H and O–H groups in total. The van der Waals surface area contributed by atoms with Crippen LogP contribution in [-0.4, -0.2) is 4.98 Å². The monoisotopic (exact) mass is 311 g/mol. The largest absolute Gasteiger partial charge is 0.256 e. The van der Waals surface area contributed by atoms with Crippen molar-refractivity contribution in [1.29, 1.82) is 0 Å². The average Bonchev–Trinajstić information content (AvgIpc) is 2.69. The second kappa shape index (κ2) is 5.59. The van der Waals surface area contributed by atoms with Crippen LogP contribution in [0.2, 0.25) is 0 Å². The van der Waals surface area contributed by atoms with Crippen LogP contribution in [0.3, 0.4) is 0 Å². The second-order valence-corrected chi connectivity index (χ2v) is 7.19. The molecule has 1 fully saturated rings. The lowest BCUT2D eigenvalue weighted by Gasteiger charge is -2.38. The van der Waals surface area contributed by atoms with E-state index in [2.05, 4.69) is 66.9 Å². The van der Waals surface area contributed by atoms with Gasteiger partial charge in [0.15, 0.2) is 0 Å². The normalized spacial score (nSPS) is 21.5. The van der Waals surface area contributed by atoms with Gasteiger partial charge in [0, 0.05) is 11.8 Å². The Bertz CT molecular complexity index is 874. The molecular weight excluding hydrogens is 290 g/mol. The van der Waals surface area contributed by atoms with Crippen LogP contribution >= 0.6 is 0 Å². The summed E-state index contributed by atoms with van der Waals surface area (Å²) < 4.78 is 0. The highest BCUT2D eigenvalue weighted by atomic mass is 14.7. The van der Waals surface area contributed by atoms with Crippen LogP contribution in [0.4, 0.5) is 0 Å². The summed E-state index contributed by atoms with van der Waals surface area (Å²) in [6, 6.07) is 21.7. The maximum Gasteiger partial charge on any atom is 0.0705 e. The van der Waals surface area contributed by atoms with Gasteiger partial charge in [0.05, 0.1) is 5.69 Å². The van der Waals surface area contributed by atoms with Crippen LogP contribution in [0.5, 0.6) is 0 Å². The molecule has 0 unspecified atom stereocenters. The maximum atomic E-state index is 4.82. The fraction of sp³-hybridized carbons (Fsp3) is 0.261. The summed E-state index contributed by atoms with van der Waals surface area (Å²) in [6.07, 6.45) is 7.62. The molecule has 6 rings (SSSR count). The number of benzene rings is 2. The molecule has 1 heteroatoms. The Morgan fingerprint density at radius 2 is 1.29 bits per heavy atom. The highest BCUT2D eigenvalue weighted by Gasteiger charge is 2.33. The van der Waals surface area contributed by atoms with Crippen LogP contribution in [0.25, 0.3) is 22.4 Å². The molecule has 0 aliphatic heterocycles. The first kappa shape index (κ1) is 14.0. The lowest BCUT2D eigenvalue weighted by atomic mass is 9.67. The lowest BCUT2D eigenvalue weighted by molar-refractivity contribution is 0.358. The summed E-state index contributed by atoms with van der Waals surface area (Å²) in [6.45, 7) is 0. The van der Waals surface area contributed by atoms with Crippen molar-refractivity contribution in [2.24, 2.45) is 0 Å². The van der Waals surface area contributed by atoms with Crippen LogP contribution in [0, 0.1) is 0 Å². The number of aromatic nitrogens is 1. The number of hydrogen-bond acceptors (Lipinski definition) is 1. The van der Waals surface area contributed by atoms with Gasteiger partial charge in [0.1, 0.15) is 0 Å². The standard InChI is InChI=1S/C23H21N/c1-2-5-16(6-3-1)19-7-4-8-20(13-19)23-14-21-17-9-11-18(12-10-17)22(21)15-24-23/h1-8,13-15,17-18H,9-12H2. The summed E-state index contributed by atoms with van der Waals surface area (Å²) in [5.74, 6) is 1.53. The molecular formula is C23H21N. The Labute approximate surface area is 143 Å². The molecule has 118 valence electrons. The molecule has 3 aromatic rings. The first-order valence-electron chi connectivity index (χ1n) is 9.04. The molecule has 24 heavy (non-hydrogen) atoms. The van der Waals surface area contributed by atoms with E-state index in [0.717, 1.165) is 17.5 Å². The SMILES string of the molecule is c1ccc(-c2cccc(-c3cc4c(cn3)C3CCC4CC3)c2)cc1. The van der Waals surface area contributed by atoms with Crippen molar-refractivity contribution < 1.29 is 0 Å². The lowest BCUT2D eigenvalue weighted by Crippen LogP contribution is -2.21. The molecule has 0 saturated heterocycles. The number of fused-ring (bicyclic) bond motifs is 2. The van der Waals surface area contributed by atoms with E-state index in [-0.39, 0.29) is 0 Å². The average molecular weight is 311 g/mol. The summed E-state index contributed by atoms with van der Waals surface area (Å²) in [4.78, 5) is 4.82. The predicted molar refractivity (Wildman–Crippen MR) is 99.1 cm³/mol. The van der Waals surface area contributed by atoms with Crippen LogP contribution in [0.15, 0.2) is 66.9 Å². The number of hydrogen-bond donors (Lipinski definition) is 0. The molecule has 0 radical (unpaired) electrons. The molecule has 1 aromatic heterocycles. The van der Waals surface area contributed by atoms with Crippen molar-refractivity contribution in [2.45, 2.75) is 37.5 Å². The van der Waals surface area contributed by atoms with E-state index < -0.39 is 0 Å². The zero-order chi connectivity index (χ0) is 15.9. The molecule has 2 bridgehead atoms. The molecule has 0 amide bonds. The Hall–Kier alpha value is -2.41. The highest BCUT2D eigenvalue weighted by molar-refractivity contribution is 5.71. The third-order valence-electron chi connectivity index (χ3n) is 5.84. The first-order chi connectivity index (χ1) is 11.9. The summed E-state index contributed by atoms with van der Waals surface area (Å²) in [5, 5.41) is 0. The summed E-state index contributed by atoms with van der Waals surface area (Å²) >= 11 is 0. The van der Waals surface area contributed by atoms with E-state index in [9.17, 15) is 0 Å². The topological polar surface area (TPSA) is 12.9 Å². The Morgan fingerprint density at radius 3 is 2.08 bits per heavy atom. The maximum absolute atomic E-state index is 4.82. The van der Waals surface area contributed by atoms with Crippen molar-refractivity contribution in [2.75, 3.05) is 0 Å². The molecule has 1 heterocycles. The molecule has 1 saturated carbocycles. The van der Waals surface area contributed by atoms with Crippen LogP contribution in [-0.2, 0) is 0 Å². The fourth-order valence-electron chi connectivity index (χ4n) is 4.54. The van der Waals surface area contributed by atoms with Gasteiger partial charge >= 0.3 is 0 Å². The van der Waals surface area contributed by atoms with Crippen LogP contribution < -0.4 is 0 Å². The van der Waals surface area contributed by atoms with Crippen molar-refractivity contribution in [1.82, 2.24) is 4.98 Å². The quantitative estimate of drug-likeness (QED) is 0.551. The van der Waals surface area contributed by atoms with Gasteiger partial charge in [0.2, 0.25) is 0 Å². The van der Waals surface area contributed by atoms with E-state index in [4.69, 9.17) is 4.98 Å². The zero-order valence-electron chi connectivity index (χ0n) is 13.8. The third-order valence-corrected chi connectivity index (χ3v) is 5.84. The van der Waals surface area contributed by atoms with Crippen molar-refractivity contribution >= 4 is 0 Å². The molecule has 3 aliphatic carbocycles. The Kier molecular flexibility index (Phi) is 3.26. The van der Waals surface area contributed by atoms with E-state index >= 15 is 0 Å². The van der Waals surface area contributed by atoms with Crippen LogP contribution in [0.1, 0.15) is 48.6 Å². The number of pyridine rings is 1. The van der Waals surface area contributed by atoms with E-state index in [1.54, 1.807) is 5.56 Å². The van der Waals surface area contributed by atoms with Gasteiger partial charge in [-0.3, -0.25) is 4.98 Å². The summed E-state index contributed by atoms with van der Waals surface area (Å²) in [7, 11) is 0. The Morgan fingerprint density at radius 1 is 0.625 bits per heavy atom. The van der Waals surface area contributed by atoms with Crippen molar-refractivity contribution in [3.8, 4) is 22.4 Å². The summed E-state index contributed by atoms with van der Waals surface area (Å²) in [5.41, 5.74) is 7.97. The van der Waals surface area contributed by atoms with Gasteiger partial charge in [-0.25, -0.2) is 0 Å². The second-order valence-electron chi connectivity index (χ2n) is 7.19. The molecule has 3 aliphatic rings.